The summed E-state index contributed by atoms with van der Waals surface area (Å²) < 4.78 is 0. The Morgan fingerprint density at radius 1 is 0.900 bits per heavy atom. The van der Waals surface area contributed by atoms with Crippen LogP contribution in [-0.4, -0.2) is 22.2 Å². The second-order valence-corrected chi connectivity index (χ2v) is 1.99. The highest BCUT2D eigenvalue weighted by Crippen LogP contribution is 1.98. The van der Waals surface area contributed by atoms with Gasteiger partial charge in [-0.25, -0.2) is 0 Å². The zero-order chi connectivity index (χ0) is 7.98. The average molecular weight is 150 g/mol. The van der Waals surface area contributed by atoms with E-state index in [0.29, 0.717) is 12.8 Å². The van der Waals surface area contributed by atoms with E-state index in [1.54, 1.807) is 0 Å². The van der Waals surface area contributed by atoms with Crippen LogP contribution in [0.4, 0.5) is 0 Å². The first-order valence-corrected chi connectivity index (χ1v) is 3.06. The van der Waals surface area contributed by atoms with E-state index >= 15 is 0 Å². The lowest BCUT2D eigenvalue weighted by Crippen LogP contribution is -1.97. The Morgan fingerprint density at radius 2 is 1.20 bits per heavy atom. The third-order valence-electron chi connectivity index (χ3n) is 1.03. The average Bonchev–Trinajstić information content (AvgIpc) is 1.79. The van der Waals surface area contributed by atoms with E-state index in [-0.39, 0.29) is 12.8 Å². The van der Waals surface area contributed by atoms with E-state index in [1.165, 1.54) is 0 Å². The molecule has 0 saturated heterocycles. The number of carboxylic acid groups (broad SMARTS) is 2. The van der Waals surface area contributed by atoms with Gasteiger partial charge in [-0.05, 0) is 12.8 Å². The molecule has 0 radical (unpaired) electrons. The number of rotatable bonds is 5. The van der Waals surface area contributed by atoms with Crippen LogP contribution in [0.1, 0.15) is 25.7 Å². The minimum absolute atomic E-state index is 0.0628. The minimum atomic E-state index is -0.870. The van der Waals surface area contributed by atoms with E-state index in [9.17, 15) is 9.59 Å². The largest absolute Gasteiger partial charge is 0.481 e. The number of unbranched alkanes of at least 4 members (excludes halogenated alkanes) is 1. The fourth-order valence-electron chi connectivity index (χ4n) is 0.552. The molecular formula is C6H10O4. The second-order valence-electron chi connectivity index (χ2n) is 1.99. The molecule has 0 aromatic heterocycles. The van der Waals surface area contributed by atoms with E-state index in [1.807, 2.05) is 0 Å². The van der Waals surface area contributed by atoms with Crippen LogP contribution in [0, 0.1) is 0 Å². The summed E-state index contributed by atoms with van der Waals surface area (Å²) in [5.41, 5.74) is 0. The standard InChI is InChI=1S/C6H10O4/c7-5(8)3-1-2-4-6(9)10/h1-4H2,(H,7,8)(H,9,10)/i5+2,6+2. The fourth-order valence-corrected chi connectivity index (χ4v) is 0.552. The van der Waals surface area contributed by atoms with Gasteiger partial charge in [0.1, 0.15) is 0 Å². The summed E-state index contributed by atoms with van der Waals surface area (Å²) in [5.74, 6) is -1.74. The van der Waals surface area contributed by atoms with Crippen molar-refractivity contribution in [3.05, 3.63) is 0 Å². The first-order valence-electron chi connectivity index (χ1n) is 3.06. The number of carboxylic acids is 2. The summed E-state index contributed by atoms with van der Waals surface area (Å²) in [6.07, 6.45) is 1.02. The van der Waals surface area contributed by atoms with Crippen molar-refractivity contribution in [3.8, 4) is 0 Å². The Balaban J connectivity index is 3.06. The SMILES string of the molecule is O=[14C](O)CCCC[14C](=O)O. The Morgan fingerprint density at radius 3 is 1.40 bits per heavy atom. The van der Waals surface area contributed by atoms with Gasteiger partial charge in [0, 0.05) is 12.8 Å². The zero-order valence-corrected chi connectivity index (χ0v) is 5.54. The summed E-state index contributed by atoms with van der Waals surface area (Å²) in [6.45, 7) is 0. The van der Waals surface area contributed by atoms with Gasteiger partial charge in [0.25, 0.3) is 0 Å². The van der Waals surface area contributed by atoms with Crippen LogP contribution < -0.4 is 0 Å². The van der Waals surface area contributed by atoms with Crippen molar-refractivity contribution < 1.29 is 19.8 Å². The maximum Gasteiger partial charge on any atom is 0.303 e. The molecule has 0 unspecified atom stereocenters. The zero-order valence-electron chi connectivity index (χ0n) is 5.54. The minimum Gasteiger partial charge on any atom is -0.481 e. The van der Waals surface area contributed by atoms with Crippen LogP contribution in [0.25, 0.3) is 0 Å². The first kappa shape index (κ1) is 8.94. The van der Waals surface area contributed by atoms with Crippen LogP contribution in [0.3, 0.4) is 0 Å². The van der Waals surface area contributed by atoms with Crippen molar-refractivity contribution in [2.45, 2.75) is 25.7 Å². The molecule has 4 heteroatoms. The van der Waals surface area contributed by atoms with Crippen molar-refractivity contribution in [3.63, 3.8) is 0 Å². The van der Waals surface area contributed by atoms with Crippen molar-refractivity contribution in [2.75, 3.05) is 0 Å². The normalized spacial score (nSPS) is 9.20. The molecule has 10 heavy (non-hydrogen) atoms. The van der Waals surface area contributed by atoms with Crippen molar-refractivity contribution >= 4 is 11.9 Å². The van der Waals surface area contributed by atoms with Crippen LogP contribution in [0.15, 0.2) is 0 Å². The molecule has 0 spiro atoms. The topological polar surface area (TPSA) is 74.6 Å². The molecule has 0 saturated carbocycles. The molecule has 0 bridgehead atoms. The van der Waals surface area contributed by atoms with Gasteiger partial charge >= 0.3 is 11.9 Å². The van der Waals surface area contributed by atoms with E-state index in [0.717, 1.165) is 0 Å². The summed E-state index contributed by atoms with van der Waals surface area (Å²) in [6, 6.07) is 0. The van der Waals surface area contributed by atoms with Gasteiger partial charge in [0.2, 0.25) is 0 Å². The molecule has 2 N–H and O–H groups in total. The molecule has 0 atom stereocenters. The molecule has 0 aromatic rings. The number of carbonyl (C=O) groups is 2. The van der Waals surface area contributed by atoms with Crippen LogP contribution in [0.5, 0.6) is 0 Å². The highest BCUT2D eigenvalue weighted by molar-refractivity contribution is 5.67. The highest BCUT2D eigenvalue weighted by atomic mass is 16.6. The molecule has 0 aromatic carbocycles. The van der Waals surface area contributed by atoms with Gasteiger partial charge in [0.15, 0.2) is 0 Å². The number of hydrogen-bond donors (Lipinski definition) is 2. The van der Waals surface area contributed by atoms with E-state index in [2.05, 4.69) is 0 Å². The third-order valence-corrected chi connectivity index (χ3v) is 1.03. The van der Waals surface area contributed by atoms with Gasteiger partial charge in [0.05, 0.1) is 0 Å². The fraction of sp³-hybridized carbons (Fsp3) is 0.667. The lowest BCUT2D eigenvalue weighted by molar-refractivity contribution is -0.139. The summed E-state index contributed by atoms with van der Waals surface area (Å²) in [5, 5.41) is 16.3. The van der Waals surface area contributed by atoms with Crippen LogP contribution in [-0.2, 0) is 9.59 Å². The molecule has 0 rings (SSSR count). The van der Waals surface area contributed by atoms with Crippen molar-refractivity contribution in [1.29, 1.82) is 0 Å². The Labute approximate surface area is 58.5 Å². The quantitative estimate of drug-likeness (QED) is 0.566. The Kier molecular flexibility index (Phi) is 4.28. The lowest BCUT2D eigenvalue weighted by Gasteiger charge is -1.92. The summed E-state index contributed by atoms with van der Waals surface area (Å²) in [7, 11) is 0. The van der Waals surface area contributed by atoms with E-state index < -0.39 is 11.9 Å². The van der Waals surface area contributed by atoms with Gasteiger partial charge < -0.3 is 10.2 Å². The lowest BCUT2D eigenvalue weighted by atomic mass is 10.3. The predicted octanol–water partition coefficient (Wildman–Crippen LogP) is 0.716. The maximum atomic E-state index is 9.90. The Hall–Kier alpha value is -1.06. The van der Waals surface area contributed by atoms with Crippen molar-refractivity contribution in [2.24, 2.45) is 0 Å². The molecule has 0 aliphatic carbocycles. The van der Waals surface area contributed by atoms with Gasteiger partial charge in [-0.3, -0.25) is 9.59 Å². The van der Waals surface area contributed by atoms with Crippen LogP contribution in [0.2, 0.25) is 0 Å². The highest BCUT2D eigenvalue weighted by Gasteiger charge is 1.99. The molecule has 0 aliphatic rings. The van der Waals surface area contributed by atoms with Crippen molar-refractivity contribution in [1.82, 2.24) is 0 Å². The van der Waals surface area contributed by atoms with E-state index in [4.69, 9.17) is 10.2 Å². The summed E-state index contributed by atoms with van der Waals surface area (Å²) in [4.78, 5) is 19.8. The number of hydrogen-bond acceptors (Lipinski definition) is 2. The molecule has 0 heterocycles. The first-order chi connectivity index (χ1) is 4.63. The molecule has 0 fully saturated rings. The van der Waals surface area contributed by atoms with Gasteiger partial charge in [-0.15, -0.1) is 0 Å². The second kappa shape index (κ2) is 4.78. The third kappa shape index (κ3) is 6.94. The monoisotopic (exact) mass is 150 g/mol. The molecule has 58 valence electrons. The Bertz CT molecular complexity index is 114. The number of aliphatic carboxylic acids is 2. The molecule has 0 amide bonds. The summed E-state index contributed by atoms with van der Waals surface area (Å²) >= 11 is 0. The predicted molar refractivity (Wildman–Crippen MR) is 33.7 cm³/mol. The smallest absolute Gasteiger partial charge is 0.303 e. The molecular weight excluding hydrogens is 140 g/mol. The maximum absolute atomic E-state index is 9.90. The van der Waals surface area contributed by atoms with Gasteiger partial charge in [-0.1, -0.05) is 0 Å². The molecule has 0 aliphatic heterocycles. The molecule has 4 nitrogen and oxygen atoms in total. The van der Waals surface area contributed by atoms with Gasteiger partial charge in [-0.2, -0.15) is 0 Å². The van der Waals surface area contributed by atoms with Crippen LogP contribution >= 0.6 is 0 Å².